The van der Waals surface area contributed by atoms with E-state index in [0.29, 0.717) is 23.9 Å². The maximum atomic E-state index is 13.3. The monoisotopic (exact) mass is 463 g/mol. The fourth-order valence-corrected chi connectivity index (χ4v) is 7.41. The van der Waals surface area contributed by atoms with Crippen molar-refractivity contribution < 1.29 is 16.8 Å². The Hall–Kier alpha value is -0.740. The van der Waals surface area contributed by atoms with Crippen molar-refractivity contribution in [2.24, 2.45) is 0 Å². The van der Waals surface area contributed by atoms with Gasteiger partial charge in [0, 0.05) is 22.2 Å². The van der Waals surface area contributed by atoms with Crippen LogP contribution < -0.4 is 0 Å². The molecular weight excluding hydrogens is 446 g/mol. The Morgan fingerprint density at radius 1 is 1.24 bits per heavy atom. The van der Waals surface area contributed by atoms with Crippen LogP contribution in [0.1, 0.15) is 29.8 Å². The minimum Gasteiger partial charge on any atom is -0.224 e. The molecule has 1 aromatic heterocycles. The van der Waals surface area contributed by atoms with E-state index in [9.17, 15) is 16.8 Å². The summed E-state index contributed by atoms with van der Waals surface area (Å²) < 4.78 is 52.1. The lowest BCUT2D eigenvalue weighted by molar-refractivity contribution is 0.303. The van der Waals surface area contributed by atoms with Crippen molar-refractivity contribution >= 4 is 47.1 Å². The van der Waals surface area contributed by atoms with Gasteiger partial charge in [-0.2, -0.15) is 4.31 Å². The molecule has 0 saturated carbocycles. The van der Waals surface area contributed by atoms with E-state index in [4.69, 9.17) is 0 Å². The number of thiophene rings is 1. The van der Waals surface area contributed by atoms with Crippen LogP contribution in [-0.4, -0.2) is 33.9 Å². The third-order valence-electron chi connectivity index (χ3n) is 4.35. The fourth-order valence-electron chi connectivity index (χ4n) is 3.12. The molecule has 25 heavy (non-hydrogen) atoms. The fraction of sp³-hybridized carbons (Fsp3) is 0.375. The Bertz CT molecular complexity index is 1010. The molecule has 2 aromatic rings. The maximum Gasteiger partial charge on any atom is 0.244 e. The largest absolute Gasteiger partial charge is 0.244 e. The molecule has 2 heterocycles. The molecule has 3 rings (SSSR count). The van der Waals surface area contributed by atoms with Crippen LogP contribution in [0.5, 0.6) is 0 Å². The zero-order valence-corrected chi connectivity index (χ0v) is 17.8. The van der Waals surface area contributed by atoms with Gasteiger partial charge in [-0.05, 0) is 64.0 Å². The molecule has 1 unspecified atom stereocenters. The summed E-state index contributed by atoms with van der Waals surface area (Å²) in [7, 11) is -7.32. The second-order valence-corrected chi connectivity index (χ2v) is 11.7. The summed E-state index contributed by atoms with van der Waals surface area (Å²) in [5, 5.41) is 1.99. The summed E-state index contributed by atoms with van der Waals surface area (Å²) in [4.78, 5) is 1.21. The highest BCUT2D eigenvalue weighted by Gasteiger charge is 2.37. The normalized spacial score (nSPS) is 18.9. The first-order valence-electron chi connectivity index (χ1n) is 7.74. The molecule has 0 spiro atoms. The van der Waals surface area contributed by atoms with Crippen LogP contribution in [0.25, 0.3) is 0 Å². The van der Waals surface area contributed by atoms with Crippen LogP contribution in [0.15, 0.2) is 43.9 Å². The molecule has 5 nitrogen and oxygen atoms in total. The molecule has 0 N–H and O–H groups in total. The lowest BCUT2D eigenvalue weighted by atomic mass is 10.0. The molecule has 0 fully saturated rings. The summed E-state index contributed by atoms with van der Waals surface area (Å²) in [5.41, 5.74) is 1.05. The Morgan fingerprint density at radius 2 is 1.96 bits per heavy atom. The summed E-state index contributed by atoms with van der Waals surface area (Å²) in [6.07, 6.45) is 2.40. The van der Waals surface area contributed by atoms with Gasteiger partial charge >= 0.3 is 0 Å². The van der Waals surface area contributed by atoms with Gasteiger partial charge in [0.25, 0.3) is 0 Å². The molecule has 9 heteroatoms. The summed E-state index contributed by atoms with van der Waals surface area (Å²) >= 11 is 4.92. The zero-order chi connectivity index (χ0) is 18.4. The molecule has 0 aliphatic carbocycles. The quantitative estimate of drug-likeness (QED) is 0.693. The van der Waals surface area contributed by atoms with Crippen LogP contribution in [0.3, 0.4) is 0 Å². The molecule has 0 amide bonds. The number of sulfonamides is 1. The number of halogens is 1. The molecule has 1 aliphatic rings. The van der Waals surface area contributed by atoms with E-state index < -0.39 is 19.9 Å². The van der Waals surface area contributed by atoms with E-state index in [0.717, 1.165) is 11.8 Å². The number of hydrogen-bond donors (Lipinski definition) is 0. The van der Waals surface area contributed by atoms with Gasteiger partial charge in [-0.25, -0.2) is 16.8 Å². The Labute approximate surface area is 160 Å². The number of rotatable bonds is 4. The first kappa shape index (κ1) is 19.0. The molecule has 0 saturated heterocycles. The number of hydrogen-bond acceptors (Lipinski definition) is 5. The van der Waals surface area contributed by atoms with Crippen molar-refractivity contribution in [1.82, 2.24) is 4.31 Å². The van der Waals surface area contributed by atoms with Crippen molar-refractivity contribution in [2.75, 3.05) is 12.8 Å². The van der Waals surface area contributed by atoms with E-state index in [2.05, 4.69) is 15.9 Å². The molecular formula is C16H18BrNO4S3. The van der Waals surface area contributed by atoms with Crippen LogP contribution in [0.2, 0.25) is 0 Å². The molecule has 1 aromatic carbocycles. The number of nitrogens with zero attached hydrogens (tertiary/aromatic N) is 1. The third kappa shape index (κ3) is 3.44. The molecule has 1 aliphatic heterocycles. The maximum absolute atomic E-state index is 13.3. The minimum absolute atomic E-state index is 0.00412. The van der Waals surface area contributed by atoms with Gasteiger partial charge in [-0.15, -0.1) is 11.3 Å². The lowest BCUT2D eigenvalue weighted by Gasteiger charge is -2.34. The number of benzene rings is 1. The average Bonchev–Trinajstić information content (AvgIpc) is 3.01. The first-order chi connectivity index (χ1) is 11.7. The van der Waals surface area contributed by atoms with Crippen molar-refractivity contribution in [3.05, 3.63) is 44.6 Å². The molecule has 1 atom stereocenters. The average molecular weight is 464 g/mol. The van der Waals surface area contributed by atoms with E-state index in [-0.39, 0.29) is 15.8 Å². The molecule has 0 radical (unpaired) electrons. The minimum atomic E-state index is -3.83. The molecule has 0 bridgehead atoms. The predicted octanol–water partition coefficient (Wildman–Crippen LogP) is 3.61. The highest BCUT2D eigenvalue weighted by molar-refractivity contribution is 9.10. The van der Waals surface area contributed by atoms with E-state index in [1.807, 2.05) is 18.4 Å². The zero-order valence-electron chi connectivity index (χ0n) is 13.8. The van der Waals surface area contributed by atoms with Crippen molar-refractivity contribution in [2.45, 2.75) is 35.6 Å². The van der Waals surface area contributed by atoms with E-state index in [1.165, 1.54) is 27.4 Å². The van der Waals surface area contributed by atoms with Crippen molar-refractivity contribution in [3.63, 3.8) is 0 Å². The highest BCUT2D eigenvalue weighted by Crippen LogP contribution is 2.40. The lowest BCUT2D eigenvalue weighted by Crippen LogP contribution is -2.39. The SMILES string of the molecule is CCC1c2ccsc2CCN1S(=O)(=O)c1cc(S(C)(=O)=O)ccc1Br. The van der Waals surface area contributed by atoms with E-state index >= 15 is 0 Å². The second-order valence-electron chi connectivity index (χ2n) is 5.95. The van der Waals surface area contributed by atoms with Gasteiger partial charge in [0.05, 0.1) is 15.8 Å². The van der Waals surface area contributed by atoms with Gasteiger partial charge in [0.15, 0.2) is 9.84 Å². The standard InChI is InChI=1S/C16H18BrNO4S3/c1-3-14-12-7-9-23-15(12)6-8-18(14)25(21,22)16-10-11(24(2,19)20)4-5-13(16)17/h4-5,7,9-10,14H,3,6,8H2,1-2H3. The number of sulfone groups is 1. The van der Waals surface area contributed by atoms with Crippen molar-refractivity contribution in [3.8, 4) is 0 Å². The van der Waals surface area contributed by atoms with Gasteiger partial charge in [0.2, 0.25) is 10.0 Å². The van der Waals surface area contributed by atoms with Crippen LogP contribution in [0.4, 0.5) is 0 Å². The van der Waals surface area contributed by atoms with Gasteiger partial charge in [-0.1, -0.05) is 6.92 Å². The van der Waals surface area contributed by atoms with E-state index in [1.54, 1.807) is 11.3 Å². The van der Waals surface area contributed by atoms with Crippen LogP contribution >= 0.6 is 27.3 Å². The Morgan fingerprint density at radius 3 is 2.60 bits per heavy atom. The third-order valence-corrected chi connectivity index (χ3v) is 9.36. The Balaban J connectivity index is 2.11. The number of fused-ring (bicyclic) bond motifs is 1. The molecule has 136 valence electrons. The van der Waals surface area contributed by atoms with Gasteiger partial charge in [0.1, 0.15) is 0 Å². The smallest absolute Gasteiger partial charge is 0.224 e. The summed E-state index contributed by atoms with van der Waals surface area (Å²) in [6, 6.07) is 5.88. The van der Waals surface area contributed by atoms with Gasteiger partial charge in [-0.3, -0.25) is 0 Å². The van der Waals surface area contributed by atoms with Gasteiger partial charge < -0.3 is 0 Å². The summed E-state index contributed by atoms with van der Waals surface area (Å²) in [6.45, 7) is 2.35. The second kappa shape index (κ2) is 6.77. The van der Waals surface area contributed by atoms with Crippen molar-refractivity contribution in [1.29, 1.82) is 0 Å². The van der Waals surface area contributed by atoms with Crippen LogP contribution in [0, 0.1) is 0 Å². The summed E-state index contributed by atoms with van der Waals surface area (Å²) in [5.74, 6) is 0. The predicted molar refractivity (Wildman–Crippen MR) is 102 cm³/mol. The topological polar surface area (TPSA) is 71.5 Å². The van der Waals surface area contributed by atoms with Crippen LogP contribution in [-0.2, 0) is 26.3 Å². The first-order valence-corrected chi connectivity index (χ1v) is 12.7. The highest BCUT2D eigenvalue weighted by atomic mass is 79.9. The Kier molecular flexibility index (Phi) is 5.15.